The van der Waals surface area contributed by atoms with Crippen molar-refractivity contribution in [2.24, 2.45) is 0 Å². The SMILES string of the molecule is CC(C)N(C)C(=O)N1C[C@H](O)C[C@H]1c1cccc(C(F)(F)F)c1. The Hall–Kier alpha value is -1.76. The number of amides is 2. The third-order valence-electron chi connectivity index (χ3n) is 4.20. The van der Waals surface area contributed by atoms with Gasteiger partial charge in [-0.1, -0.05) is 12.1 Å². The van der Waals surface area contributed by atoms with Crippen LogP contribution >= 0.6 is 0 Å². The Balaban J connectivity index is 2.31. The van der Waals surface area contributed by atoms with Gasteiger partial charge < -0.3 is 14.9 Å². The molecule has 2 atom stereocenters. The Morgan fingerprint density at radius 3 is 2.61 bits per heavy atom. The van der Waals surface area contributed by atoms with E-state index < -0.39 is 23.9 Å². The average Bonchev–Trinajstić information content (AvgIpc) is 2.87. The lowest BCUT2D eigenvalue weighted by Gasteiger charge is -2.32. The molecule has 23 heavy (non-hydrogen) atoms. The van der Waals surface area contributed by atoms with Crippen LogP contribution in [0.15, 0.2) is 24.3 Å². The van der Waals surface area contributed by atoms with Gasteiger partial charge in [-0.3, -0.25) is 0 Å². The smallest absolute Gasteiger partial charge is 0.391 e. The van der Waals surface area contributed by atoms with E-state index in [-0.39, 0.29) is 25.0 Å². The van der Waals surface area contributed by atoms with Crippen molar-refractivity contribution >= 4 is 6.03 Å². The molecule has 1 saturated heterocycles. The molecule has 2 rings (SSSR count). The Bertz CT molecular complexity index is 575. The normalized spacial score (nSPS) is 21.8. The number of hydrogen-bond acceptors (Lipinski definition) is 2. The van der Waals surface area contributed by atoms with Crippen molar-refractivity contribution in [2.45, 2.75) is 44.6 Å². The van der Waals surface area contributed by atoms with Crippen LogP contribution in [-0.2, 0) is 6.18 Å². The van der Waals surface area contributed by atoms with E-state index in [9.17, 15) is 23.1 Å². The zero-order valence-electron chi connectivity index (χ0n) is 13.3. The first kappa shape index (κ1) is 17.6. The van der Waals surface area contributed by atoms with Gasteiger partial charge in [0, 0.05) is 19.6 Å². The van der Waals surface area contributed by atoms with Crippen molar-refractivity contribution in [1.29, 1.82) is 0 Å². The fourth-order valence-electron chi connectivity index (χ4n) is 2.69. The van der Waals surface area contributed by atoms with Gasteiger partial charge in [0.25, 0.3) is 0 Å². The average molecular weight is 330 g/mol. The lowest BCUT2D eigenvalue weighted by atomic mass is 10.0. The van der Waals surface area contributed by atoms with E-state index in [1.165, 1.54) is 15.9 Å². The van der Waals surface area contributed by atoms with Gasteiger partial charge >= 0.3 is 12.2 Å². The van der Waals surface area contributed by atoms with Gasteiger partial charge in [0.1, 0.15) is 0 Å². The number of alkyl halides is 3. The summed E-state index contributed by atoms with van der Waals surface area (Å²) >= 11 is 0. The van der Waals surface area contributed by atoms with E-state index >= 15 is 0 Å². The summed E-state index contributed by atoms with van der Waals surface area (Å²) in [6, 6.07) is 4.06. The van der Waals surface area contributed by atoms with Crippen molar-refractivity contribution in [3.8, 4) is 0 Å². The minimum atomic E-state index is -4.43. The second kappa shape index (κ2) is 6.39. The van der Waals surface area contributed by atoms with Gasteiger partial charge in [-0.05, 0) is 38.0 Å². The lowest BCUT2D eigenvalue weighted by Crippen LogP contribution is -2.44. The zero-order valence-corrected chi connectivity index (χ0v) is 13.3. The summed E-state index contributed by atoms with van der Waals surface area (Å²) in [5.41, 5.74) is -0.358. The summed E-state index contributed by atoms with van der Waals surface area (Å²) < 4.78 is 38.6. The summed E-state index contributed by atoms with van der Waals surface area (Å²) in [4.78, 5) is 15.5. The molecule has 4 nitrogen and oxygen atoms in total. The minimum absolute atomic E-state index is 0.0394. The maximum absolute atomic E-state index is 12.9. The Morgan fingerprint density at radius 2 is 2.04 bits per heavy atom. The molecule has 0 aromatic heterocycles. The number of nitrogens with zero attached hydrogens (tertiary/aromatic N) is 2. The molecule has 1 N–H and O–H groups in total. The number of aliphatic hydroxyl groups excluding tert-OH is 1. The number of carbonyl (C=O) groups is 1. The van der Waals surface area contributed by atoms with Crippen molar-refractivity contribution in [3.05, 3.63) is 35.4 Å². The highest BCUT2D eigenvalue weighted by molar-refractivity contribution is 5.75. The second-order valence-electron chi connectivity index (χ2n) is 6.17. The standard InChI is InChI=1S/C16H21F3N2O2/c1-10(2)20(3)15(23)21-9-13(22)8-14(21)11-5-4-6-12(7-11)16(17,18)19/h4-7,10,13-14,22H,8-9H2,1-3H3/t13-,14+/m1/s1. The second-order valence-corrected chi connectivity index (χ2v) is 6.17. The van der Waals surface area contributed by atoms with Gasteiger partial charge in [-0.25, -0.2) is 4.79 Å². The number of aliphatic hydroxyl groups is 1. The van der Waals surface area contributed by atoms with Crippen LogP contribution in [-0.4, -0.2) is 46.7 Å². The molecule has 0 bridgehead atoms. The van der Waals surface area contributed by atoms with Crippen molar-refractivity contribution < 1.29 is 23.1 Å². The van der Waals surface area contributed by atoms with Crippen LogP contribution < -0.4 is 0 Å². The first-order valence-corrected chi connectivity index (χ1v) is 7.50. The Kier molecular flexibility index (Phi) is 4.89. The molecule has 1 aliphatic rings. The van der Waals surface area contributed by atoms with E-state index in [2.05, 4.69) is 0 Å². The predicted octanol–water partition coefficient (Wildman–Crippen LogP) is 3.27. The van der Waals surface area contributed by atoms with Gasteiger partial charge in [0.2, 0.25) is 0 Å². The van der Waals surface area contributed by atoms with Crippen molar-refractivity contribution in [3.63, 3.8) is 0 Å². The molecule has 0 saturated carbocycles. The lowest BCUT2D eigenvalue weighted by molar-refractivity contribution is -0.137. The molecule has 1 fully saturated rings. The first-order valence-electron chi connectivity index (χ1n) is 7.50. The molecule has 0 aliphatic carbocycles. The molecule has 1 aromatic carbocycles. The van der Waals surface area contributed by atoms with Crippen LogP contribution in [0.1, 0.15) is 37.4 Å². The molecular formula is C16H21F3N2O2. The van der Waals surface area contributed by atoms with Gasteiger partial charge in [-0.2, -0.15) is 13.2 Å². The van der Waals surface area contributed by atoms with E-state index in [0.717, 1.165) is 12.1 Å². The summed E-state index contributed by atoms with van der Waals surface area (Å²) in [6.45, 7) is 3.82. The first-order chi connectivity index (χ1) is 10.6. The highest BCUT2D eigenvalue weighted by Crippen LogP contribution is 2.36. The molecule has 1 heterocycles. The molecule has 128 valence electrons. The maximum Gasteiger partial charge on any atom is 0.416 e. The molecule has 7 heteroatoms. The molecule has 0 spiro atoms. The van der Waals surface area contributed by atoms with Gasteiger partial charge in [-0.15, -0.1) is 0 Å². The number of β-amino-alcohol motifs (C(OH)–C–C–N with tert-alkyl or cyclic N) is 1. The van der Waals surface area contributed by atoms with Crippen LogP contribution in [0.5, 0.6) is 0 Å². The quantitative estimate of drug-likeness (QED) is 0.904. The molecular weight excluding hydrogens is 309 g/mol. The van der Waals surface area contributed by atoms with Crippen LogP contribution in [0.4, 0.5) is 18.0 Å². The highest BCUT2D eigenvalue weighted by Gasteiger charge is 2.38. The number of hydrogen-bond donors (Lipinski definition) is 1. The van der Waals surface area contributed by atoms with Gasteiger partial charge in [0.15, 0.2) is 0 Å². The minimum Gasteiger partial charge on any atom is -0.391 e. The topological polar surface area (TPSA) is 43.8 Å². The number of benzene rings is 1. The third-order valence-corrected chi connectivity index (χ3v) is 4.20. The van der Waals surface area contributed by atoms with E-state index in [4.69, 9.17) is 0 Å². The number of carbonyl (C=O) groups excluding carboxylic acids is 1. The number of halogens is 3. The zero-order chi connectivity index (χ0) is 17.4. The summed E-state index contributed by atoms with van der Waals surface area (Å²) in [5.74, 6) is 0. The summed E-state index contributed by atoms with van der Waals surface area (Å²) in [7, 11) is 1.64. The van der Waals surface area contributed by atoms with Crippen molar-refractivity contribution in [2.75, 3.05) is 13.6 Å². The molecule has 0 unspecified atom stereocenters. The fraction of sp³-hybridized carbons (Fsp3) is 0.562. The van der Waals surface area contributed by atoms with E-state index in [0.29, 0.717) is 5.56 Å². The van der Waals surface area contributed by atoms with Crippen molar-refractivity contribution in [1.82, 2.24) is 9.80 Å². The summed E-state index contributed by atoms with van der Waals surface area (Å²) in [5, 5.41) is 9.90. The van der Waals surface area contributed by atoms with Gasteiger partial charge in [0.05, 0.1) is 17.7 Å². The largest absolute Gasteiger partial charge is 0.416 e. The molecule has 2 amide bonds. The number of rotatable bonds is 2. The van der Waals surface area contributed by atoms with E-state index in [1.807, 2.05) is 13.8 Å². The Morgan fingerprint density at radius 1 is 1.39 bits per heavy atom. The van der Waals surface area contributed by atoms with Crippen LogP contribution in [0.3, 0.4) is 0 Å². The van der Waals surface area contributed by atoms with Crippen LogP contribution in [0.2, 0.25) is 0 Å². The fourth-order valence-corrected chi connectivity index (χ4v) is 2.69. The summed E-state index contributed by atoms with van der Waals surface area (Å²) in [6.07, 6.45) is -4.94. The number of likely N-dealkylation sites (tertiary alicyclic amines) is 1. The number of urea groups is 1. The predicted molar refractivity (Wildman–Crippen MR) is 79.8 cm³/mol. The highest BCUT2D eigenvalue weighted by atomic mass is 19.4. The molecule has 1 aliphatic heterocycles. The molecule has 0 radical (unpaired) electrons. The Labute approximate surface area is 133 Å². The van der Waals surface area contributed by atoms with E-state index in [1.54, 1.807) is 13.1 Å². The maximum atomic E-state index is 12.9. The monoisotopic (exact) mass is 330 g/mol. The third kappa shape index (κ3) is 3.77. The molecule has 1 aromatic rings. The van der Waals surface area contributed by atoms with Crippen LogP contribution in [0.25, 0.3) is 0 Å². The van der Waals surface area contributed by atoms with Crippen LogP contribution in [0, 0.1) is 0 Å².